The van der Waals surface area contributed by atoms with Crippen LogP contribution in [0.5, 0.6) is 0 Å². The Bertz CT molecular complexity index is 2700. The zero-order valence-corrected chi connectivity index (χ0v) is 38.8. The van der Waals surface area contributed by atoms with Gasteiger partial charge >= 0.3 is 59.1 Å². The number of nitrogens with two attached hydrogens (primary N) is 1. The van der Waals surface area contributed by atoms with Gasteiger partial charge in [0.25, 0.3) is 0 Å². The molecule has 0 fully saturated rings. The van der Waals surface area contributed by atoms with Gasteiger partial charge in [0.05, 0.1) is 9.79 Å². The van der Waals surface area contributed by atoms with Crippen LogP contribution >= 0.6 is 0 Å². The van der Waals surface area contributed by atoms with Gasteiger partial charge in [-0.25, -0.2) is 16.8 Å². The van der Waals surface area contributed by atoms with Crippen molar-refractivity contribution in [3.63, 3.8) is 0 Å². The van der Waals surface area contributed by atoms with E-state index in [1.807, 2.05) is 156 Å². The fraction of sp³-hybridized carbons (Fsp3) is 0. The molecule has 61 heavy (non-hydrogen) atoms. The fourth-order valence-electron chi connectivity index (χ4n) is 5.81. The molecule has 0 unspecified atom stereocenters. The van der Waals surface area contributed by atoms with Crippen LogP contribution in [0.15, 0.2) is 192 Å². The molecule has 7 rings (SSSR count). The Hall–Kier alpha value is -5.23. The smallest absolute Gasteiger partial charge is 0.744 e. The van der Waals surface area contributed by atoms with E-state index in [9.17, 15) is 25.9 Å². The summed E-state index contributed by atoms with van der Waals surface area (Å²) in [6.07, 6.45) is 10.7. The Morgan fingerprint density at radius 1 is 0.492 bits per heavy atom. The van der Waals surface area contributed by atoms with Gasteiger partial charge in [0.1, 0.15) is 25.9 Å². The van der Waals surface area contributed by atoms with Crippen LogP contribution in [0.4, 0.5) is 28.7 Å². The summed E-state index contributed by atoms with van der Waals surface area (Å²) in [7, 11) is -10.2. The van der Waals surface area contributed by atoms with Crippen LogP contribution in [0, 0.1) is 0 Å². The molecule has 296 valence electrons. The first-order chi connectivity index (χ1) is 28.5. The van der Waals surface area contributed by atoms with Crippen molar-refractivity contribution in [2.24, 2.45) is 0 Å². The largest absolute Gasteiger partial charge is 1.00 e. The first-order valence-corrected chi connectivity index (χ1v) is 20.7. The first-order valence-electron chi connectivity index (χ1n) is 17.9. The van der Waals surface area contributed by atoms with Crippen LogP contribution in [-0.2, 0) is 20.2 Å². The summed E-state index contributed by atoms with van der Waals surface area (Å²) in [4.78, 5) is 1.89. The molecule has 1 heterocycles. The third kappa shape index (κ3) is 13.6. The molecule has 2 N–H and O–H groups in total. The van der Waals surface area contributed by atoms with Gasteiger partial charge in [-0.15, -0.1) is 10.2 Å². The minimum absolute atomic E-state index is 0. The predicted molar refractivity (Wildman–Crippen MR) is 230 cm³/mol. The number of hydrogen-bond donors (Lipinski definition) is 1. The van der Waals surface area contributed by atoms with E-state index in [0.29, 0.717) is 17.1 Å². The molecule has 6 aromatic carbocycles. The van der Waals surface area contributed by atoms with E-state index in [0.717, 1.165) is 28.6 Å². The molecule has 16 heteroatoms. The van der Waals surface area contributed by atoms with Crippen molar-refractivity contribution in [2.75, 3.05) is 15.5 Å². The molecule has 12 nitrogen and oxygen atoms in total. The van der Waals surface area contributed by atoms with E-state index in [1.54, 1.807) is 30.3 Å². The predicted octanol–water partition coefficient (Wildman–Crippen LogP) is 2.75. The first kappa shape index (κ1) is 48.4. The van der Waals surface area contributed by atoms with Crippen molar-refractivity contribution in [2.45, 2.75) is 9.79 Å². The third-order valence-electron chi connectivity index (χ3n) is 8.48. The SMILES string of the molecule is Nc1nnnc(N(c2ccccc2)c2ccccc2)c1N(C=Cc1ccccc1)C=Cc1ccccc1.O=S(=O)([O-])c1cccc(C=Cc2ccccc2)c1S(=O)(=O)[O-].[Na+].[Na+]. The molecule has 0 saturated carbocycles. The van der Waals surface area contributed by atoms with E-state index in [1.165, 1.54) is 24.3 Å². The Morgan fingerprint density at radius 3 is 1.34 bits per heavy atom. The Morgan fingerprint density at radius 2 is 0.918 bits per heavy atom. The van der Waals surface area contributed by atoms with E-state index in [4.69, 9.17) is 5.73 Å². The van der Waals surface area contributed by atoms with E-state index in [2.05, 4.69) is 15.4 Å². The van der Waals surface area contributed by atoms with Gasteiger partial charge in [0.2, 0.25) is 0 Å². The van der Waals surface area contributed by atoms with E-state index >= 15 is 0 Å². The second kappa shape index (κ2) is 23.1. The van der Waals surface area contributed by atoms with Gasteiger partial charge in [0, 0.05) is 23.8 Å². The summed E-state index contributed by atoms with van der Waals surface area (Å²) in [5, 5.41) is 12.6. The van der Waals surface area contributed by atoms with E-state index in [-0.39, 0.29) is 70.5 Å². The topological polar surface area (TPSA) is 186 Å². The second-order valence-electron chi connectivity index (χ2n) is 12.5. The summed E-state index contributed by atoms with van der Waals surface area (Å²) < 4.78 is 67.5. The minimum atomic E-state index is -5.13. The average Bonchev–Trinajstić information content (AvgIpc) is 3.25. The van der Waals surface area contributed by atoms with Gasteiger partial charge in [-0.2, -0.15) is 0 Å². The zero-order chi connectivity index (χ0) is 41.7. The quantitative estimate of drug-likeness (QED) is 0.108. The summed E-state index contributed by atoms with van der Waals surface area (Å²) in [6.45, 7) is 0. The van der Waals surface area contributed by atoms with Crippen LogP contribution < -0.4 is 74.6 Å². The molecule has 0 atom stereocenters. The summed E-state index contributed by atoms with van der Waals surface area (Å²) in [5.74, 6) is 0.817. The Kier molecular flexibility index (Phi) is 18.4. The summed E-state index contributed by atoms with van der Waals surface area (Å²) in [6, 6.07) is 52.2. The fourth-order valence-corrected chi connectivity index (χ4v) is 7.75. The molecular weight excluding hydrogens is 831 g/mol. The van der Waals surface area contributed by atoms with Crippen molar-refractivity contribution < 1.29 is 85.1 Å². The molecule has 7 aromatic rings. The maximum Gasteiger partial charge on any atom is 1.00 e. The van der Waals surface area contributed by atoms with Gasteiger partial charge in [0.15, 0.2) is 11.6 Å². The van der Waals surface area contributed by atoms with Crippen molar-refractivity contribution in [3.05, 3.63) is 205 Å². The number of hydrogen-bond acceptors (Lipinski definition) is 12. The number of rotatable bonds is 12. The standard InChI is InChI=1S/C31H26N6.C14H12O6S2.2Na/c32-30-29(36(23-21-25-13-5-1-6-14-25)24-22-26-15-7-2-8-16-26)31(34-35-33-30)37(27-17-9-3-10-18-27)28-19-11-4-12-20-28;15-21(16,17)13-8-4-7-12(14(13)22(18,19)20)10-9-11-5-2-1-3-6-11;;/h1-24H,(H2,32,33,34);1-10H,(H,15,16,17)(H,18,19,20);;/q;;2*+1/p-2. The number of aromatic nitrogens is 3. The maximum absolute atomic E-state index is 11.3. The molecule has 0 amide bonds. The molecule has 0 aliphatic heterocycles. The number of nitrogen functional groups attached to an aromatic ring is 1. The molecule has 0 radical (unpaired) electrons. The monoisotopic (exact) mass is 866 g/mol. The second-order valence-corrected chi connectivity index (χ2v) is 15.2. The van der Waals surface area contributed by atoms with Gasteiger partial charge in [-0.3, -0.25) is 4.90 Å². The summed E-state index contributed by atoms with van der Waals surface area (Å²) >= 11 is 0. The van der Waals surface area contributed by atoms with Gasteiger partial charge in [-0.1, -0.05) is 152 Å². The van der Waals surface area contributed by atoms with Crippen LogP contribution in [-0.4, -0.2) is 41.4 Å². The molecule has 0 saturated heterocycles. The van der Waals surface area contributed by atoms with Crippen LogP contribution in [0.1, 0.15) is 22.3 Å². The third-order valence-corrected chi connectivity index (χ3v) is 10.4. The van der Waals surface area contributed by atoms with Crippen molar-refractivity contribution in [3.8, 4) is 0 Å². The zero-order valence-electron chi connectivity index (χ0n) is 33.2. The molecular formula is C45H36N6Na2O6S2. The molecule has 0 bridgehead atoms. The average molecular weight is 867 g/mol. The Labute approximate surface area is 399 Å². The van der Waals surface area contributed by atoms with E-state index < -0.39 is 30.0 Å². The van der Waals surface area contributed by atoms with Crippen LogP contribution in [0.25, 0.3) is 24.3 Å². The van der Waals surface area contributed by atoms with Gasteiger partial charge in [-0.05, 0) is 70.0 Å². The van der Waals surface area contributed by atoms with Crippen LogP contribution in [0.3, 0.4) is 0 Å². The van der Waals surface area contributed by atoms with Crippen molar-refractivity contribution >= 4 is 73.2 Å². The van der Waals surface area contributed by atoms with Crippen LogP contribution in [0.2, 0.25) is 0 Å². The van der Waals surface area contributed by atoms with Crippen molar-refractivity contribution in [1.29, 1.82) is 0 Å². The molecule has 0 spiro atoms. The van der Waals surface area contributed by atoms with Crippen molar-refractivity contribution in [1.82, 2.24) is 15.4 Å². The Balaban J connectivity index is 0.000000294. The molecule has 0 aliphatic rings. The molecule has 1 aromatic heterocycles. The molecule has 0 aliphatic carbocycles. The number of anilines is 5. The summed E-state index contributed by atoms with van der Waals surface area (Å²) in [5.41, 5.74) is 11.6. The minimum Gasteiger partial charge on any atom is -0.744 e. The normalized spacial score (nSPS) is 11.3. The van der Waals surface area contributed by atoms with Gasteiger partial charge < -0.3 is 19.7 Å². The number of para-hydroxylation sites is 2. The number of benzene rings is 6. The number of nitrogens with zero attached hydrogens (tertiary/aromatic N) is 5. The maximum atomic E-state index is 11.3.